The van der Waals surface area contributed by atoms with Gasteiger partial charge in [-0.3, -0.25) is 0 Å². The van der Waals surface area contributed by atoms with Crippen molar-refractivity contribution in [3.05, 3.63) is 133 Å². The smallest absolute Gasteiger partial charge is 0.239 e. The first-order valence-electron chi connectivity index (χ1n) is 15.5. The molecule has 8 aromatic rings. The van der Waals surface area contributed by atoms with Crippen LogP contribution in [0.1, 0.15) is 0 Å². The number of fused-ring (bicyclic) bond motifs is 4. The van der Waals surface area contributed by atoms with Crippen LogP contribution in [0.5, 0.6) is 0 Å². The van der Waals surface area contributed by atoms with Crippen LogP contribution < -0.4 is 18.9 Å². The SMILES string of the molecule is CN(C)c1ccc2nc3ccc(-c4ccc5nc6ccc(N(C)C)cc6[n+](-c6ccccc6)c5c4)cc3[n+](-c3ccccc3)c2c1. The molecule has 0 atom stereocenters. The van der Waals surface area contributed by atoms with Crippen LogP contribution in [0.2, 0.25) is 0 Å². The van der Waals surface area contributed by atoms with Gasteiger partial charge in [0, 0.05) is 88.1 Å². The number of anilines is 2. The minimum absolute atomic E-state index is 0.946. The van der Waals surface area contributed by atoms with Crippen molar-refractivity contribution in [2.45, 2.75) is 0 Å². The summed E-state index contributed by atoms with van der Waals surface area (Å²) in [6.07, 6.45) is 0. The fraction of sp³-hybridized carbons (Fsp3) is 0.100. The topological polar surface area (TPSA) is 40.0 Å². The van der Waals surface area contributed by atoms with Crippen LogP contribution in [0, 0.1) is 0 Å². The highest BCUT2D eigenvalue weighted by molar-refractivity contribution is 5.90. The third-order valence-corrected chi connectivity index (χ3v) is 8.71. The molecule has 0 spiro atoms. The lowest BCUT2D eigenvalue weighted by molar-refractivity contribution is -0.538. The van der Waals surface area contributed by atoms with E-state index in [4.69, 9.17) is 9.97 Å². The summed E-state index contributed by atoms with van der Waals surface area (Å²) in [5.41, 5.74) is 14.7. The Morgan fingerprint density at radius 2 is 0.739 bits per heavy atom. The van der Waals surface area contributed by atoms with E-state index in [1.807, 2.05) is 0 Å². The van der Waals surface area contributed by atoms with Gasteiger partial charge in [-0.2, -0.15) is 0 Å². The van der Waals surface area contributed by atoms with Crippen molar-refractivity contribution in [1.29, 1.82) is 0 Å². The largest absolute Gasteiger partial charge is 0.377 e. The van der Waals surface area contributed by atoms with Crippen LogP contribution in [0.3, 0.4) is 0 Å². The van der Waals surface area contributed by atoms with E-state index in [9.17, 15) is 0 Å². The third kappa shape index (κ3) is 4.66. The van der Waals surface area contributed by atoms with Gasteiger partial charge in [0.1, 0.15) is 22.1 Å². The number of hydrogen-bond donors (Lipinski definition) is 0. The maximum atomic E-state index is 5.10. The summed E-state index contributed by atoms with van der Waals surface area (Å²) in [7, 11) is 8.28. The standard InChI is InChI=1S/C40H34N6/c1-43(2)31-17-21-35-39(25-31)45(29-11-7-5-8-12-29)37-23-27(15-19-33(37)41-35)28-16-20-34-38(24-28)46(30-13-9-6-10-14-30)40-26-32(44(3)4)18-22-36(40)42-34/h5-26H,1-4H3/q+2. The lowest BCUT2D eigenvalue weighted by atomic mass is 10.0. The minimum atomic E-state index is 0.946. The van der Waals surface area contributed by atoms with Gasteiger partial charge >= 0.3 is 0 Å². The zero-order valence-corrected chi connectivity index (χ0v) is 26.4. The average molecular weight is 599 g/mol. The molecule has 0 fully saturated rings. The molecule has 0 saturated carbocycles. The maximum Gasteiger partial charge on any atom is 0.239 e. The second-order valence-corrected chi connectivity index (χ2v) is 12.1. The molecule has 0 radical (unpaired) electrons. The fourth-order valence-electron chi connectivity index (χ4n) is 6.31. The molecule has 0 aliphatic rings. The van der Waals surface area contributed by atoms with Gasteiger partial charge < -0.3 is 9.80 Å². The molecule has 2 heterocycles. The van der Waals surface area contributed by atoms with Crippen LogP contribution in [0.25, 0.3) is 66.6 Å². The predicted octanol–water partition coefficient (Wildman–Crippen LogP) is 7.44. The zero-order valence-electron chi connectivity index (χ0n) is 26.4. The maximum absolute atomic E-state index is 5.10. The van der Waals surface area contributed by atoms with Crippen LogP contribution in [-0.4, -0.2) is 38.2 Å². The van der Waals surface area contributed by atoms with Gasteiger partial charge in [-0.05, 0) is 47.5 Å². The molecule has 6 heteroatoms. The van der Waals surface area contributed by atoms with Gasteiger partial charge in [0.2, 0.25) is 33.4 Å². The highest BCUT2D eigenvalue weighted by Crippen LogP contribution is 2.29. The van der Waals surface area contributed by atoms with Crippen molar-refractivity contribution >= 4 is 55.5 Å². The normalized spacial score (nSPS) is 11.5. The number of hydrogen-bond acceptors (Lipinski definition) is 4. The highest BCUT2D eigenvalue weighted by Gasteiger charge is 2.23. The summed E-state index contributed by atoms with van der Waals surface area (Å²) < 4.78 is 4.66. The van der Waals surface area contributed by atoms with E-state index in [0.717, 1.165) is 78.0 Å². The van der Waals surface area contributed by atoms with Gasteiger partial charge in [-0.15, -0.1) is 9.13 Å². The number of nitrogens with zero attached hydrogens (tertiary/aromatic N) is 6. The third-order valence-electron chi connectivity index (χ3n) is 8.71. The molecule has 2 aromatic heterocycles. The van der Waals surface area contributed by atoms with Crippen molar-refractivity contribution in [3.63, 3.8) is 0 Å². The van der Waals surface area contributed by atoms with Crippen molar-refractivity contribution in [3.8, 4) is 22.5 Å². The van der Waals surface area contributed by atoms with Crippen LogP contribution in [-0.2, 0) is 0 Å². The van der Waals surface area contributed by atoms with Crippen LogP contribution in [0.15, 0.2) is 133 Å². The predicted molar refractivity (Wildman–Crippen MR) is 189 cm³/mol. The van der Waals surface area contributed by atoms with Gasteiger partial charge in [-0.25, -0.2) is 9.97 Å². The molecule has 6 nitrogen and oxygen atoms in total. The van der Waals surface area contributed by atoms with Crippen molar-refractivity contribution in [2.24, 2.45) is 0 Å². The molecule has 8 rings (SSSR count). The molecule has 222 valence electrons. The quantitative estimate of drug-likeness (QED) is 0.153. The summed E-state index contributed by atoms with van der Waals surface area (Å²) in [6.45, 7) is 0. The Labute approximate surface area is 268 Å². The Balaban J connectivity index is 1.40. The molecule has 0 bridgehead atoms. The van der Waals surface area contributed by atoms with Gasteiger partial charge in [0.25, 0.3) is 0 Å². The number of aromatic nitrogens is 4. The second kappa shape index (κ2) is 10.9. The van der Waals surface area contributed by atoms with Crippen LogP contribution in [0.4, 0.5) is 11.4 Å². The first kappa shape index (κ1) is 27.7. The zero-order chi connectivity index (χ0) is 31.4. The summed E-state index contributed by atoms with van der Waals surface area (Å²) in [6, 6.07) is 47.2. The lowest BCUT2D eigenvalue weighted by Crippen LogP contribution is -2.33. The molecule has 46 heavy (non-hydrogen) atoms. The van der Waals surface area contributed by atoms with Crippen LogP contribution >= 0.6 is 0 Å². The molecule has 0 N–H and O–H groups in total. The Bertz CT molecular complexity index is 2250. The molecular formula is C40H34N6+2. The van der Waals surface area contributed by atoms with E-state index >= 15 is 0 Å². The molecule has 0 aliphatic carbocycles. The molecule has 0 unspecified atom stereocenters. The van der Waals surface area contributed by atoms with Gasteiger partial charge in [0.15, 0.2) is 0 Å². The Hall–Kier alpha value is -5.88. The highest BCUT2D eigenvalue weighted by atomic mass is 15.1. The molecule has 0 aliphatic heterocycles. The van der Waals surface area contributed by atoms with E-state index in [1.54, 1.807) is 0 Å². The average Bonchev–Trinajstić information content (AvgIpc) is 3.09. The van der Waals surface area contributed by atoms with Crippen molar-refractivity contribution < 1.29 is 9.13 Å². The van der Waals surface area contributed by atoms with Crippen molar-refractivity contribution in [2.75, 3.05) is 38.0 Å². The summed E-state index contributed by atoms with van der Waals surface area (Å²) >= 11 is 0. The summed E-state index contributed by atoms with van der Waals surface area (Å²) in [5.74, 6) is 0. The summed E-state index contributed by atoms with van der Waals surface area (Å²) in [4.78, 5) is 14.5. The second-order valence-electron chi connectivity index (χ2n) is 12.1. The van der Waals surface area contributed by atoms with Gasteiger partial charge in [-0.1, -0.05) is 48.5 Å². The lowest BCUT2D eigenvalue weighted by Gasteiger charge is -2.13. The van der Waals surface area contributed by atoms with E-state index in [0.29, 0.717) is 0 Å². The van der Waals surface area contributed by atoms with Gasteiger partial charge in [0.05, 0.1) is 0 Å². The molecule has 6 aromatic carbocycles. The summed E-state index contributed by atoms with van der Waals surface area (Å²) in [5, 5.41) is 0. The Morgan fingerprint density at radius 3 is 1.11 bits per heavy atom. The molecule has 0 amide bonds. The van der Waals surface area contributed by atoms with E-state index < -0.39 is 0 Å². The first-order valence-corrected chi connectivity index (χ1v) is 15.5. The number of benzene rings is 6. The Morgan fingerprint density at radius 1 is 0.391 bits per heavy atom. The first-order chi connectivity index (χ1) is 22.4. The molecular weight excluding hydrogens is 564 g/mol. The van der Waals surface area contributed by atoms with E-state index in [2.05, 4.69) is 181 Å². The van der Waals surface area contributed by atoms with E-state index in [1.165, 1.54) is 0 Å². The monoisotopic (exact) mass is 598 g/mol. The fourth-order valence-corrected chi connectivity index (χ4v) is 6.31. The van der Waals surface area contributed by atoms with Crippen molar-refractivity contribution in [1.82, 2.24) is 9.97 Å². The number of para-hydroxylation sites is 2. The molecule has 0 saturated heterocycles. The minimum Gasteiger partial charge on any atom is -0.377 e. The van der Waals surface area contributed by atoms with E-state index in [-0.39, 0.29) is 0 Å². The Kier molecular flexibility index (Phi) is 6.57. The number of rotatable bonds is 5.